The second-order valence-electron chi connectivity index (χ2n) is 7.82. The number of sulfonamides is 1. The predicted molar refractivity (Wildman–Crippen MR) is 131 cm³/mol. The normalized spacial score (nSPS) is 12.7. The third-order valence-electron chi connectivity index (χ3n) is 5.31. The molecule has 1 amide bonds. The first-order chi connectivity index (χ1) is 15.7. The maximum Gasteiger partial charge on any atom is 0.251 e. The van der Waals surface area contributed by atoms with Crippen molar-refractivity contribution in [2.75, 3.05) is 34.8 Å². The number of methoxy groups -OCH3 is 1. The van der Waals surface area contributed by atoms with Crippen LogP contribution < -0.4 is 10.1 Å². The molecule has 1 atom stereocenters. The Labute approximate surface area is 199 Å². The van der Waals surface area contributed by atoms with E-state index in [4.69, 9.17) is 4.74 Å². The molecule has 2 aromatic carbocycles. The Morgan fingerprint density at radius 1 is 1.06 bits per heavy atom. The van der Waals surface area contributed by atoms with Gasteiger partial charge < -0.3 is 15.0 Å². The van der Waals surface area contributed by atoms with Crippen molar-refractivity contribution in [1.29, 1.82) is 0 Å². The Bertz CT molecular complexity index is 1160. The molecule has 33 heavy (non-hydrogen) atoms. The minimum absolute atomic E-state index is 0.0207. The highest BCUT2D eigenvalue weighted by Gasteiger charge is 2.27. The number of likely N-dealkylation sites (N-methyl/N-ethyl adjacent to an activating group) is 1. The van der Waals surface area contributed by atoms with Gasteiger partial charge in [-0.3, -0.25) is 4.79 Å². The average molecular weight is 488 g/mol. The van der Waals surface area contributed by atoms with Gasteiger partial charge in [-0.25, -0.2) is 8.42 Å². The second-order valence-corrected chi connectivity index (χ2v) is 10.8. The zero-order chi connectivity index (χ0) is 24.0. The number of rotatable bonds is 10. The molecule has 3 aromatic rings. The van der Waals surface area contributed by atoms with Crippen molar-refractivity contribution >= 4 is 27.3 Å². The lowest BCUT2D eigenvalue weighted by atomic mass is 10.2. The van der Waals surface area contributed by atoms with Crippen molar-refractivity contribution in [3.63, 3.8) is 0 Å². The monoisotopic (exact) mass is 487 g/mol. The smallest absolute Gasteiger partial charge is 0.251 e. The van der Waals surface area contributed by atoms with E-state index in [1.807, 2.05) is 66.8 Å². The number of nitrogens with one attached hydrogen (secondary N) is 1. The molecule has 0 aliphatic heterocycles. The van der Waals surface area contributed by atoms with Crippen LogP contribution in [0.5, 0.6) is 5.75 Å². The quantitative estimate of drug-likeness (QED) is 0.473. The van der Waals surface area contributed by atoms with Gasteiger partial charge in [-0.2, -0.15) is 4.31 Å². The molecule has 0 radical (unpaired) electrons. The summed E-state index contributed by atoms with van der Waals surface area (Å²) in [6, 6.07) is 17.8. The highest BCUT2D eigenvalue weighted by molar-refractivity contribution is 7.89. The minimum atomic E-state index is -3.89. The number of benzene rings is 2. The van der Waals surface area contributed by atoms with Crippen molar-refractivity contribution in [2.24, 2.45) is 0 Å². The number of carbonyl (C=O) groups is 1. The lowest BCUT2D eigenvalue weighted by Crippen LogP contribution is -2.34. The van der Waals surface area contributed by atoms with Crippen LogP contribution >= 0.6 is 11.3 Å². The fourth-order valence-electron chi connectivity index (χ4n) is 3.42. The largest absolute Gasteiger partial charge is 0.495 e. The summed E-state index contributed by atoms with van der Waals surface area (Å²) in [6.45, 7) is 0.600. The Hall–Kier alpha value is -2.72. The van der Waals surface area contributed by atoms with E-state index in [-0.39, 0.29) is 34.7 Å². The predicted octanol–water partition coefficient (Wildman–Crippen LogP) is 3.61. The highest BCUT2D eigenvalue weighted by Crippen LogP contribution is 2.28. The number of nitrogens with zero attached hydrogens (tertiary/aromatic N) is 2. The van der Waals surface area contributed by atoms with Gasteiger partial charge >= 0.3 is 0 Å². The Balaban J connectivity index is 1.81. The maximum atomic E-state index is 13.3. The van der Waals surface area contributed by atoms with E-state index >= 15 is 0 Å². The molecule has 0 fully saturated rings. The van der Waals surface area contributed by atoms with Gasteiger partial charge in [0.25, 0.3) is 5.91 Å². The third kappa shape index (κ3) is 6.00. The van der Waals surface area contributed by atoms with Crippen LogP contribution in [0.15, 0.2) is 70.9 Å². The summed E-state index contributed by atoms with van der Waals surface area (Å²) >= 11 is 1.63. The number of thiophene rings is 1. The molecule has 0 aliphatic carbocycles. The van der Waals surface area contributed by atoms with Gasteiger partial charge in [0.1, 0.15) is 10.6 Å². The lowest BCUT2D eigenvalue weighted by Gasteiger charge is -2.23. The molecule has 3 rings (SSSR count). The molecule has 0 bridgehead atoms. The highest BCUT2D eigenvalue weighted by atomic mass is 32.2. The molecule has 176 valence electrons. The molecule has 0 unspecified atom stereocenters. The van der Waals surface area contributed by atoms with Crippen molar-refractivity contribution < 1.29 is 17.9 Å². The fraction of sp³-hybridized carbons (Fsp3) is 0.292. The zero-order valence-corrected chi connectivity index (χ0v) is 20.8. The molecule has 1 N–H and O–H groups in total. The first kappa shape index (κ1) is 24.9. The molecule has 0 aliphatic rings. The number of hydrogen-bond donors (Lipinski definition) is 1. The lowest BCUT2D eigenvalue weighted by molar-refractivity contribution is 0.0942. The van der Waals surface area contributed by atoms with E-state index in [9.17, 15) is 13.2 Å². The van der Waals surface area contributed by atoms with E-state index in [2.05, 4.69) is 5.32 Å². The summed E-state index contributed by atoms with van der Waals surface area (Å²) in [4.78, 5) is 16.0. The minimum Gasteiger partial charge on any atom is -0.495 e. The third-order valence-corrected chi connectivity index (χ3v) is 8.11. The molecule has 9 heteroatoms. The number of ether oxygens (including phenoxy) is 1. The summed E-state index contributed by atoms with van der Waals surface area (Å²) in [7, 11) is 2.94. The van der Waals surface area contributed by atoms with Crippen molar-refractivity contribution in [2.45, 2.75) is 17.5 Å². The summed E-state index contributed by atoms with van der Waals surface area (Å²) in [5.41, 5.74) is 1.12. The maximum absolute atomic E-state index is 13.3. The summed E-state index contributed by atoms with van der Waals surface area (Å²) in [6.07, 6.45) is 0. The number of amides is 1. The van der Waals surface area contributed by atoms with Gasteiger partial charge in [0.2, 0.25) is 10.0 Å². The Morgan fingerprint density at radius 2 is 1.79 bits per heavy atom. The molecular formula is C24H29N3O4S2. The van der Waals surface area contributed by atoms with Crippen molar-refractivity contribution in [1.82, 2.24) is 14.5 Å². The zero-order valence-electron chi connectivity index (χ0n) is 19.2. The van der Waals surface area contributed by atoms with E-state index in [0.717, 1.165) is 10.4 Å². The first-order valence-electron chi connectivity index (χ1n) is 10.4. The second kappa shape index (κ2) is 10.9. The summed E-state index contributed by atoms with van der Waals surface area (Å²) in [5.74, 6) is -0.153. The van der Waals surface area contributed by atoms with Crippen LogP contribution in [0.3, 0.4) is 0 Å². The van der Waals surface area contributed by atoms with Crippen LogP contribution in [-0.2, 0) is 16.6 Å². The van der Waals surface area contributed by atoms with Crippen LogP contribution in [0.4, 0.5) is 0 Å². The van der Waals surface area contributed by atoms with E-state index in [1.165, 1.54) is 30.6 Å². The van der Waals surface area contributed by atoms with E-state index in [0.29, 0.717) is 6.54 Å². The molecule has 0 saturated heterocycles. The van der Waals surface area contributed by atoms with Crippen LogP contribution in [0.2, 0.25) is 0 Å². The SMILES string of the molecule is COc1ccc(C(=O)NC[C@@H](c2cccs2)N(C)C)cc1S(=O)(=O)N(C)Cc1ccccc1. The van der Waals surface area contributed by atoms with E-state index in [1.54, 1.807) is 17.4 Å². The van der Waals surface area contributed by atoms with Crippen LogP contribution in [0, 0.1) is 0 Å². The Kier molecular flexibility index (Phi) is 8.25. The number of hydrogen-bond acceptors (Lipinski definition) is 6. The van der Waals surface area contributed by atoms with Gasteiger partial charge in [-0.05, 0) is 49.3 Å². The number of carbonyl (C=O) groups excluding carboxylic acids is 1. The first-order valence-corrected chi connectivity index (χ1v) is 12.7. The van der Waals surface area contributed by atoms with Crippen LogP contribution in [0.1, 0.15) is 26.8 Å². The standard InChI is InChI=1S/C24H29N3O4S2/c1-26(2)20(22-11-8-14-32-22)16-25-24(28)19-12-13-21(31-4)23(15-19)33(29,30)27(3)17-18-9-6-5-7-10-18/h5-15,20H,16-17H2,1-4H3,(H,25,28)/t20-/m0/s1. The molecule has 1 aromatic heterocycles. The summed E-state index contributed by atoms with van der Waals surface area (Å²) in [5, 5.41) is 4.93. The van der Waals surface area contributed by atoms with Crippen LogP contribution in [-0.4, -0.2) is 58.3 Å². The van der Waals surface area contributed by atoms with Crippen molar-refractivity contribution in [3.8, 4) is 5.75 Å². The molecular weight excluding hydrogens is 458 g/mol. The molecule has 7 nitrogen and oxygen atoms in total. The topological polar surface area (TPSA) is 79.0 Å². The van der Waals surface area contributed by atoms with Gasteiger partial charge in [-0.1, -0.05) is 36.4 Å². The van der Waals surface area contributed by atoms with E-state index < -0.39 is 10.0 Å². The molecule has 0 spiro atoms. The van der Waals surface area contributed by atoms with Gasteiger partial charge in [0, 0.05) is 30.6 Å². The van der Waals surface area contributed by atoms with Gasteiger partial charge in [0.15, 0.2) is 0 Å². The molecule has 1 heterocycles. The van der Waals surface area contributed by atoms with Crippen LogP contribution in [0.25, 0.3) is 0 Å². The summed E-state index contributed by atoms with van der Waals surface area (Å²) < 4.78 is 33.2. The van der Waals surface area contributed by atoms with Gasteiger partial charge in [-0.15, -0.1) is 11.3 Å². The molecule has 0 saturated carbocycles. The average Bonchev–Trinajstić information content (AvgIpc) is 3.33. The fourth-order valence-corrected chi connectivity index (χ4v) is 5.68. The van der Waals surface area contributed by atoms with Crippen molar-refractivity contribution in [3.05, 3.63) is 82.0 Å². The van der Waals surface area contributed by atoms with Gasteiger partial charge in [0.05, 0.1) is 13.2 Å². The Morgan fingerprint density at radius 3 is 2.39 bits per heavy atom.